The fraction of sp³-hybridized carbons (Fsp3) is 0.125. The highest BCUT2D eigenvalue weighted by atomic mass is 35.5. The molecule has 5 rings (SSSR count). The second-order valence-corrected chi connectivity index (χ2v) is 9.47. The highest BCUT2D eigenvalue weighted by Gasteiger charge is 2.39. The van der Waals surface area contributed by atoms with Crippen LogP contribution in [0.5, 0.6) is 0 Å². The van der Waals surface area contributed by atoms with Crippen LogP contribution in [-0.4, -0.2) is 20.8 Å². The Labute approximate surface area is 228 Å². The van der Waals surface area contributed by atoms with Crippen molar-refractivity contribution in [3.8, 4) is 0 Å². The van der Waals surface area contributed by atoms with E-state index in [1.54, 1.807) is 12.3 Å². The zero-order valence-corrected chi connectivity index (χ0v) is 22.1. The Morgan fingerprint density at radius 2 is 1.39 bits per heavy atom. The summed E-state index contributed by atoms with van der Waals surface area (Å²) in [4.78, 5) is 14.7. The maximum atomic E-state index is 10.4. The number of anilines is 1. The molecule has 0 aliphatic heterocycles. The highest BCUT2D eigenvalue weighted by molar-refractivity contribution is 6.31. The van der Waals surface area contributed by atoms with E-state index in [4.69, 9.17) is 16.7 Å². The molecule has 0 atom stereocenters. The molecule has 0 unspecified atom stereocenters. The molecule has 0 radical (unpaired) electrons. The highest BCUT2D eigenvalue weighted by Crippen LogP contribution is 2.43. The third-order valence-electron chi connectivity index (χ3n) is 6.36. The first-order valence-electron chi connectivity index (χ1n) is 12.4. The molecule has 0 fully saturated rings. The van der Waals surface area contributed by atoms with Gasteiger partial charge in [0.15, 0.2) is 0 Å². The molecular formula is C32H30ClN3O2. The van der Waals surface area contributed by atoms with Crippen LogP contribution in [0.25, 0.3) is 0 Å². The number of amides is 1. The van der Waals surface area contributed by atoms with Crippen molar-refractivity contribution in [2.45, 2.75) is 25.3 Å². The first kappa shape index (κ1) is 26.7. The predicted molar refractivity (Wildman–Crippen MR) is 154 cm³/mol. The number of carbonyl (C=O) groups is 1. The number of rotatable bonds is 6. The van der Waals surface area contributed by atoms with Crippen molar-refractivity contribution in [3.05, 3.63) is 155 Å². The normalized spacial score (nSPS) is 10.9. The zero-order valence-electron chi connectivity index (χ0n) is 21.3. The standard InChI is InChI=1S/C22H17ClN2.C10H13NO2/c23-21-14-8-7-13-20(21)22(25-16-15-24-17-25,18-9-3-1-4-10-18)19-11-5-2-6-12-19;1-7(2)8-5-3-4-6-9(8)11-10(12)13/h1-17H;3-7,11H,1-2H3,(H,12,13). The van der Waals surface area contributed by atoms with Gasteiger partial charge in [-0.2, -0.15) is 0 Å². The minimum atomic E-state index is -1.02. The number of halogens is 1. The zero-order chi connectivity index (χ0) is 27.0. The molecule has 6 heteroatoms. The molecule has 192 valence electrons. The van der Waals surface area contributed by atoms with Crippen molar-refractivity contribution in [2.24, 2.45) is 0 Å². The van der Waals surface area contributed by atoms with Gasteiger partial charge in [0.05, 0.1) is 6.33 Å². The van der Waals surface area contributed by atoms with Crippen LogP contribution in [0.15, 0.2) is 128 Å². The number of benzene rings is 4. The quantitative estimate of drug-likeness (QED) is 0.220. The number of hydrogen-bond donors (Lipinski definition) is 2. The first-order chi connectivity index (χ1) is 18.4. The third-order valence-corrected chi connectivity index (χ3v) is 6.69. The molecule has 2 N–H and O–H groups in total. The summed E-state index contributed by atoms with van der Waals surface area (Å²) in [6, 6.07) is 36.2. The van der Waals surface area contributed by atoms with Gasteiger partial charge >= 0.3 is 6.09 Å². The maximum absolute atomic E-state index is 10.4. The molecule has 1 aromatic heterocycles. The molecule has 0 spiro atoms. The third kappa shape index (κ3) is 5.63. The van der Waals surface area contributed by atoms with Crippen LogP contribution in [0.2, 0.25) is 5.02 Å². The maximum Gasteiger partial charge on any atom is 0.409 e. The van der Waals surface area contributed by atoms with Gasteiger partial charge in [-0.25, -0.2) is 9.78 Å². The van der Waals surface area contributed by atoms with Crippen molar-refractivity contribution in [2.75, 3.05) is 5.32 Å². The van der Waals surface area contributed by atoms with Gasteiger partial charge in [-0.05, 0) is 34.7 Å². The molecule has 0 saturated heterocycles. The second-order valence-electron chi connectivity index (χ2n) is 9.06. The van der Waals surface area contributed by atoms with Crippen molar-refractivity contribution in [3.63, 3.8) is 0 Å². The van der Waals surface area contributed by atoms with E-state index in [1.807, 2.05) is 74.9 Å². The molecule has 0 aliphatic carbocycles. The van der Waals surface area contributed by atoms with Crippen molar-refractivity contribution < 1.29 is 9.90 Å². The van der Waals surface area contributed by atoms with E-state index < -0.39 is 11.6 Å². The number of aromatic nitrogens is 2. The van der Waals surface area contributed by atoms with E-state index in [1.165, 1.54) is 0 Å². The summed E-state index contributed by atoms with van der Waals surface area (Å²) in [5.41, 5.74) is 4.39. The Kier molecular flexibility index (Phi) is 8.62. The number of nitrogens with one attached hydrogen (secondary N) is 1. The van der Waals surface area contributed by atoms with E-state index in [0.717, 1.165) is 27.3 Å². The Bertz CT molecular complexity index is 1410. The van der Waals surface area contributed by atoms with Gasteiger partial charge < -0.3 is 9.67 Å². The summed E-state index contributed by atoms with van der Waals surface area (Å²) in [5.74, 6) is 0.322. The van der Waals surface area contributed by atoms with Gasteiger partial charge in [0.1, 0.15) is 5.54 Å². The fourth-order valence-corrected chi connectivity index (χ4v) is 4.99. The minimum absolute atomic E-state index is 0.322. The lowest BCUT2D eigenvalue weighted by molar-refractivity contribution is 0.209. The minimum Gasteiger partial charge on any atom is -0.465 e. The van der Waals surface area contributed by atoms with Crippen LogP contribution in [0.1, 0.15) is 42.0 Å². The van der Waals surface area contributed by atoms with Gasteiger partial charge in [-0.3, -0.25) is 5.32 Å². The summed E-state index contributed by atoms with van der Waals surface area (Å²) in [6.45, 7) is 4.06. The average molecular weight is 524 g/mol. The molecule has 1 heterocycles. The molecule has 1 amide bonds. The lowest BCUT2D eigenvalue weighted by Gasteiger charge is -2.37. The molecule has 5 nitrogen and oxygen atoms in total. The van der Waals surface area contributed by atoms with Gasteiger partial charge in [0.2, 0.25) is 0 Å². The molecular weight excluding hydrogens is 494 g/mol. The van der Waals surface area contributed by atoms with Crippen molar-refractivity contribution >= 4 is 23.4 Å². The Balaban J connectivity index is 0.000000219. The molecule has 0 saturated carbocycles. The monoisotopic (exact) mass is 523 g/mol. The van der Waals surface area contributed by atoms with E-state index in [2.05, 4.69) is 69.5 Å². The molecule has 0 aliphatic rings. The summed E-state index contributed by atoms with van der Waals surface area (Å²) in [7, 11) is 0. The summed E-state index contributed by atoms with van der Waals surface area (Å²) in [6.07, 6.45) is 4.62. The molecule has 0 bridgehead atoms. The lowest BCUT2D eigenvalue weighted by Crippen LogP contribution is -2.37. The summed E-state index contributed by atoms with van der Waals surface area (Å²) in [5, 5.41) is 11.7. The van der Waals surface area contributed by atoms with Crippen molar-refractivity contribution in [1.29, 1.82) is 0 Å². The van der Waals surface area contributed by atoms with E-state index in [-0.39, 0.29) is 0 Å². The SMILES string of the molecule is CC(C)c1ccccc1NC(=O)O.Clc1ccccc1C(c1ccccc1)(c1ccccc1)n1ccnc1. The topological polar surface area (TPSA) is 67.2 Å². The van der Waals surface area contributed by atoms with Crippen LogP contribution < -0.4 is 5.32 Å². The first-order valence-corrected chi connectivity index (χ1v) is 12.8. The summed E-state index contributed by atoms with van der Waals surface area (Å²) < 4.78 is 2.12. The smallest absolute Gasteiger partial charge is 0.409 e. The van der Waals surface area contributed by atoms with Gasteiger partial charge in [0, 0.05) is 28.7 Å². The lowest BCUT2D eigenvalue weighted by atomic mass is 9.76. The number of imidazole rings is 1. The number of hydrogen-bond acceptors (Lipinski definition) is 2. The van der Waals surface area contributed by atoms with Gasteiger partial charge in [0.25, 0.3) is 0 Å². The Morgan fingerprint density at radius 1 is 0.842 bits per heavy atom. The van der Waals surface area contributed by atoms with Crippen LogP contribution in [0.4, 0.5) is 10.5 Å². The van der Waals surface area contributed by atoms with E-state index in [9.17, 15) is 4.79 Å². The van der Waals surface area contributed by atoms with E-state index >= 15 is 0 Å². The van der Waals surface area contributed by atoms with E-state index in [0.29, 0.717) is 11.6 Å². The Morgan fingerprint density at radius 3 is 1.92 bits per heavy atom. The van der Waals surface area contributed by atoms with Crippen LogP contribution in [-0.2, 0) is 5.54 Å². The molecule has 4 aromatic carbocycles. The second kappa shape index (κ2) is 12.3. The van der Waals surface area contributed by atoms with Crippen LogP contribution >= 0.6 is 11.6 Å². The van der Waals surface area contributed by atoms with Gasteiger partial charge in [-0.15, -0.1) is 0 Å². The number of carboxylic acid groups (broad SMARTS) is 1. The van der Waals surface area contributed by atoms with Crippen LogP contribution in [0, 0.1) is 0 Å². The van der Waals surface area contributed by atoms with Crippen LogP contribution in [0.3, 0.4) is 0 Å². The van der Waals surface area contributed by atoms with Crippen molar-refractivity contribution in [1.82, 2.24) is 9.55 Å². The Hall–Kier alpha value is -4.35. The largest absolute Gasteiger partial charge is 0.465 e. The number of nitrogens with zero attached hydrogens (tertiary/aromatic N) is 2. The molecule has 38 heavy (non-hydrogen) atoms. The molecule has 5 aromatic rings. The average Bonchev–Trinajstić information content (AvgIpc) is 3.47. The fourth-order valence-electron chi connectivity index (χ4n) is 4.72. The predicted octanol–water partition coefficient (Wildman–Crippen LogP) is 8.28. The summed E-state index contributed by atoms with van der Waals surface area (Å²) >= 11 is 6.69. The van der Waals surface area contributed by atoms with Gasteiger partial charge in [-0.1, -0.05) is 123 Å². The number of para-hydroxylation sites is 1.